The van der Waals surface area contributed by atoms with Crippen LogP contribution in [0.15, 0.2) is 29.2 Å². The third-order valence-corrected chi connectivity index (χ3v) is 3.87. The van der Waals surface area contributed by atoms with Crippen molar-refractivity contribution in [2.45, 2.75) is 31.7 Å². The highest BCUT2D eigenvalue weighted by molar-refractivity contribution is 5.86. The van der Waals surface area contributed by atoms with Crippen molar-refractivity contribution in [2.75, 3.05) is 0 Å². The highest BCUT2D eigenvalue weighted by Crippen LogP contribution is 2.31. The van der Waals surface area contributed by atoms with Gasteiger partial charge in [0.15, 0.2) is 11.7 Å². The van der Waals surface area contributed by atoms with E-state index in [1.54, 1.807) is 12.3 Å². The van der Waals surface area contributed by atoms with E-state index in [-0.39, 0.29) is 10.9 Å². The van der Waals surface area contributed by atoms with Crippen LogP contribution in [0.2, 0.25) is 0 Å². The van der Waals surface area contributed by atoms with Crippen molar-refractivity contribution < 1.29 is 9.18 Å². The number of aromatic nitrogens is 1. The number of fused-ring (bicyclic) bond motifs is 1. The molecule has 0 saturated heterocycles. The molecule has 1 aliphatic rings. The fourth-order valence-electron chi connectivity index (χ4n) is 2.92. The number of pyridine rings is 1. The Balaban J connectivity index is 2.34. The van der Waals surface area contributed by atoms with Crippen LogP contribution in [0.5, 0.6) is 0 Å². The largest absolute Gasteiger partial charge is 0.343 e. The molecule has 0 bridgehead atoms. The molecule has 1 saturated carbocycles. The fourth-order valence-corrected chi connectivity index (χ4v) is 2.92. The van der Waals surface area contributed by atoms with Gasteiger partial charge in [-0.1, -0.05) is 12.8 Å². The van der Waals surface area contributed by atoms with Gasteiger partial charge in [-0.2, -0.15) is 0 Å². The Hall–Kier alpha value is -1.97. The predicted octanol–water partition coefficient (Wildman–Crippen LogP) is 3.07. The van der Waals surface area contributed by atoms with Crippen LogP contribution in [-0.4, -0.2) is 10.9 Å². The van der Waals surface area contributed by atoms with Crippen LogP contribution in [-0.2, 0) is 0 Å². The van der Waals surface area contributed by atoms with E-state index in [2.05, 4.69) is 0 Å². The molecule has 4 heteroatoms. The molecule has 0 radical (unpaired) electrons. The number of rotatable bonds is 2. The van der Waals surface area contributed by atoms with Gasteiger partial charge < -0.3 is 4.57 Å². The smallest absolute Gasteiger partial charge is 0.199 e. The van der Waals surface area contributed by atoms with Crippen molar-refractivity contribution in [3.63, 3.8) is 0 Å². The molecule has 1 aromatic carbocycles. The van der Waals surface area contributed by atoms with Crippen molar-refractivity contribution in [3.05, 3.63) is 46.0 Å². The van der Waals surface area contributed by atoms with Crippen LogP contribution < -0.4 is 5.43 Å². The summed E-state index contributed by atoms with van der Waals surface area (Å²) in [5.74, 6) is -0.453. The van der Waals surface area contributed by atoms with Crippen LogP contribution in [0.25, 0.3) is 10.9 Å². The van der Waals surface area contributed by atoms with E-state index in [0.717, 1.165) is 25.7 Å². The van der Waals surface area contributed by atoms with Gasteiger partial charge in [0.05, 0.1) is 11.1 Å². The van der Waals surface area contributed by atoms with E-state index in [9.17, 15) is 14.0 Å². The van der Waals surface area contributed by atoms with Gasteiger partial charge in [-0.05, 0) is 31.0 Å². The summed E-state index contributed by atoms with van der Waals surface area (Å²) in [6, 6.07) is 4.50. The average molecular weight is 259 g/mol. The number of carbonyl (C=O) groups is 1. The maximum Gasteiger partial charge on any atom is 0.199 e. The Morgan fingerprint density at radius 2 is 2.00 bits per heavy atom. The number of aldehydes is 1. The summed E-state index contributed by atoms with van der Waals surface area (Å²) in [4.78, 5) is 23.1. The van der Waals surface area contributed by atoms with Crippen molar-refractivity contribution in [2.24, 2.45) is 0 Å². The van der Waals surface area contributed by atoms with E-state index in [4.69, 9.17) is 0 Å². The van der Waals surface area contributed by atoms with Gasteiger partial charge >= 0.3 is 0 Å². The predicted molar refractivity (Wildman–Crippen MR) is 71.1 cm³/mol. The maximum absolute atomic E-state index is 13.3. The lowest BCUT2D eigenvalue weighted by molar-refractivity contribution is 0.112. The van der Waals surface area contributed by atoms with Gasteiger partial charge in [-0.25, -0.2) is 4.39 Å². The van der Waals surface area contributed by atoms with E-state index in [0.29, 0.717) is 17.8 Å². The molecular formula is C15H14FNO2. The van der Waals surface area contributed by atoms with Gasteiger partial charge in [-0.15, -0.1) is 0 Å². The zero-order chi connectivity index (χ0) is 13.4. The zero-order valence-corrected chi connectivity index (χ0v) is 10.4. The molecule has 0 N–H and O–H groups in total. The summed E-state index contributed by atoms with van der Waals surface area (Å²) < 4.78 is 15.3. The third kappa shape index (κ3) is 1.97. The lowest BCUT2D eigenvalue weighted by Gasteiger charge is -2.18. The summed E-state index contributed by atoms with van der Waals surface area (Å²) in [6.45, 7) is 0. The minimum Gasteiger partial charge on any atom is -0.343 e. The Morgan fingerprint density at radius 1 is 1.26 bits per heavy atom. The number of carbonyl (C=O) groups excluding carboxylic acids is 1. The topological polar surface area (TPSA) is 39.1 Å². The Bertz CT molecular complexity index is 699. The summed E-state index contributed by atoms with van der Waals surface area (Å²) in [6.07, 6.45) is 6.54. The summed E-state index contributed by atoms with van der Waals surface area (Å²) in [5.41, 5.74) is 0.424. The first-order valence-electron chi connectivity index (χ1n) is 6.50. The molecule has 3 rings (SSSR count). The highest BCUT2D eigenvalue weighted by atomic mass is 19.1. The van der Waals surface area contributed by atoms with Crippen LogP contribution >= 0.6 is 0 Å². The summed E-state index contributed by atoms with van der Waals surface area (Å²) in [7, 11) is 0. The van der Waals surface area contributed by atoms with Crippen LogP contribution in [0, 0.1) is 5.82 Å². The van der Waals surface area contributed by atoms with Gasteiger partial charge in [0, 0.05) is 17.6 Å². The molecule has 3 nitrogen and oxygen atoms in total. The first kappa shape index (κ1) is 12.1. The number of halogens is 1. The molecule has 1 heterocycles. The standard InChI is InChI=1S/C15H14FNO2/c16-11-5-6-14-13(7-11)15(19)10(9-18)8-17(14)12-3-1-2-4-12/h5-9,12H,1-4H2. The molecule has 0 spiro atoms. The Labute approximate surface area is 109 Å². The summed E-state index contributed by atoms with van der Waals surface area (Å²) >= 11 is 0. The second-order valence-electron chi connectivity index (χ2n) is 5.04. The minimum atomic E-state index is -0.453. The molecule has 98 valence electrons. The van der Waals surface area contributed by atoms with Crippen LogP contribution in [0.3, 0.4) is 0 Å². The van der Waals surface area contributed by atoms with E-state index in [1.165, 1.54) is 12.1 Å². The minimum absolute atomic E-state index is 0.102. The van der Waals surface area contributed by atoms with Crippen LogP contribution in [0.4, 0.5) is 4.39 Å². The normalized spacial score (nSPS) is 16.1. The van der Waals surface area contributed by atoms with Gasteiger partial charge in [0.1, 0.15) is 5.82 Å². The Kier molecular flexibility index (Phi) is 2.93. The lowest BCUT2D eigenvalue weighted by atomic mass is 10.1. The summed E-state index contributed by atoms with van der Waals surface area (Å²) in [5, 5.41) is 0.288. The van der Waals surface area contributed by atoms with E-state index in [1.807, 2.05) is 4.57 Å². The van der Waals surface area contributed by atoms with Crippen molar-refractivity contribution in [3.8, 4) is 0 Å². The molecule has 0 aliphatic heterocycles. The second-order valence-corrected chi connectivity index (χ2v) is 5.04. The molecule has 19 heavy (non-hydrogen) atoms. The van der Waals surface area contributed by atoms with Crippen LogP contribution in [0.1, 0.15) is 42.1 Å². The molecule has 1 aromatic heterocycles. The molecule has 0 atom stereocenters. The third-order valence-electron chi connectivity index (χ3n) is 3.87. The molecule has 1 fully saturated rings. The number of nitrogens with zero attached hydrogens (tertiary/aromatic N) is 1. The lowest BCUT2D eigenvalue weighted by Crippen LogP contribution is -2.16. The van der Waals surface area contributed by atoms with Crippen molar-refractivity contribution in [1.82, 2.24) is 4.57 Å². The van der Waals surface area contributed by atoms with Gasteiger partial charge in [0.2, 0.25) is 0 Å². The molecule has 1 aliphatic carbocycles. The first-order valence-corrected chi connectivity index (χ1v) is 6.50. The van der Waals surface area contributed by atoms with Gasteiger partial charge in [0.25, 0.3) is 0 Å². The quantitative estimate of drug-likeness (QED) is 0.777. The maximum atomic E-state index is 13.3. The molecule has 0 unspecified atom stereocenters. The number of hydrogen-bond acceptors (Lipinski definition) is 2. The second kappa shape index (κ2) is 4.61. The van der Waals surface area contributed by atoms with Gasteiger partial charge in [-0.3, -0.25) is 9.59 Å². The molecule has 2 aromatic rings. The van der Waals surface area contributed by atoms with Crippen molar-refractivity contribution >= 4 is 17.2 Å². The average Bonchev–Trinajstić information content (AvgIpc) is 2.93. The monoisotopic (exact) mass is 259 g/mol. The molecule has 0 amide bonds. The van der Waals surface area contributed by atoms with E-state index >= 15 is 0 Å². The first-order chi connectivity index (χ1) is 9.20. The Morgan fingerprint density at radius 3 is 2.68 bits per heavy atom. The van der Waals surface area contributed by atoms with Crippen molar-refractivity contribution in [1.29, 1.82) is 0 Å². The zero-order valence-electron chi connectivity index (χ0n) is 10.4. The van der Waals surface area contributed by atoms with E-state index < -0.39 is 11.2 Å². The fraction of sp³-hybridized carbons (Fsp3) is 0.333. The number of benzene rings is 1. The highest BCUT2D eigenvalue weighted by Gasteiger charge is 2.19. The molecular weight excluding hydrogens is 245 g/mol. The number of hydrogen-bond donors (Lipinski definition) is 0. The SMILES string of the molecule is O=Cc1cn(C2CCCC2)c2ccc(F)cc2c1=O.